The van der Waals surface area contributed by atoms with Crippen molar-refractivity contribution >= 4 is 19.6 Å². The quantitative estimate of drug-likeness (QED) is 0.725. The molecule has 0 aromatic heterocycles. The molecular formula is C12H26N2O2S. The number of likely N-dealkylation sites (N-methyl/N-ethyl adjacent to an activating group) is 2. The molecule has 1 aliphatic rings. The van der Waals surface area contributed by atoms with Crippen molar-refractivity contribution in [3.05, 3.63) is 0 Å². The van der Waals surface area contributed by atoms with Crippen LogP contribution in [-0.4, -0.2) is 54.7 Å². The van der Waals surface area contributed by atoms with E-state index in [0.717, 1.165) is 25.9 Å². The van der Waals surface area contributed by atoms with Crippen molar-refractivity contribution in [2.75, 3.05) is 27.2 Å². The summed E-state index contributed by atoms with van der Waals surface area (Å²) in [5, 5.41) is 0. The number of hydrogen-bond acceptors (Lipinski definition) is 3. The molecule has 1 aliphatic heterocycles. The van der Waals surface area contributed by atoms with Crippen LogP contribution < -0.4 is 0 Å². The van der Waals surface area contributed by atoms with E-state index < -0.39 is 5.60 Å². The number of carbonyl (C=O) groups is 1. The Kier molecular flexibility index (Phi) is 6.34. The highest BCUT2D eigenvalue weighted by atomic mass is 32.1. The Balaban J connectivity index is 0.00000256. The summed E-state index contributed by atoms with van der Waals surface area (Å²) in [5.74, 6) is 0. The van der Waals surface area contributed by atoms with E-state index in [9.17, 15) is 4.79 Å². The molecule has 0 unspecified atom stereocenters. The van der Waals surface area contributed by atoms with Gasteiger partial charge in [0.1, 0.15) is 5.60 Å². The van der Waals surface area contributed by atoms with Crippen LogP contribution in [0.4, 0.5) is 4.79 Å². The second kappa shape index (κ2) is 6.50. The van der Waals surface area contributed by atoms with E-state index in [4.69, 9.17) is 4.74 Å². The Hall–Kier alpha value is -0.420. The summed E-state index contributed by atoms with van der Waals surface area (Å²) in [4.78, 5) is 15.8. The number of hydrogen-bond donors (Lipinski definition) is 0. The summed E-state index contributed by atoms with van der Waals surface area (Å²) in [6.45, 7) is 7.75. The number of amides is 1. The van der Waals surface area contributed by atoms with E-state index >= 15 is 0 Å². The molecule has 102 valence electrons. The average Bonchev–Trinajstić information content (AvgIpc) is 2.14. The summed E-state index contributed by atoms with van der Waals surface area (Å²) in [6, 6.07) is 0.286. The maximum absolute atomic E-state index is 11.8. The number of ether oxygens (including phenoxy) is 1. The van der Waals surface area contributed by atoms with E-state index in [2.05, 4.69) is 11.9 Å². The Bertz CT molecular complexity index is 253. The molecule has 1 fully saturated rings. The third kappa shape index (κ3) is 5.64. The molecule has 0 aromatic carbocycles. The van der Waals surface area contributed by atoms with Crippen molar-refractivity contribution in [3.63, 3.8) is 0 Å². The first-order valence-corrected chi connectivity index (χ1v) is 5.94. The van der Waals surface area contributed by atoms with Crippen LogP contribution in [0.25, 0.3) is 0 Å². The van der Waals surface area contributed by atoms with Gasteiger partial charge in [0.25, 0.3) is 0 Å². The Morgan fingerprint density at radius 3 is 2.47 bits per heavy atom. The van der Waals surface area contributed by atoms with Crippen molar-refractivity contribution in [1.82, 2.24) is 9.80 Å². The molecule has 0 N–H and O–H groups in total. The average molecular weight is 262 g/mol. The predicted molar refractivity (Wildman–Crippen MR) is 74.9 cm³/mol. The van der Waals surface area contributed by atoms with Gasteiger partial charge < -0.3 is 14.5 Å². The lowest BCUT2D eigenvalue weighted by Crippen LogP contribution is -2.48. The van der Waals surface area contributed by atoms with Gasteiger partial charge in [-0.15, -0.1) is 0 Å². The van der Waals surface area contributed by atoms with Crippen LogP contribution in [0.3, 0.4) is 0 Å². The minimum absolute atomic E-state index is 0. The van der Waals surface area contributed by atoms with Gasteiger partial charge in [-0.2, -0.15) is 13.5 Å². The molecule has 0 saturated carbocycles. The van der Waals surface area contributed by atoms with Gasteiger partial charge in [0, 0.05) is 19.6 Å². The van der Waals surface area contributed by atoms with Gasteiger partial charge in [0.15, 0.2) is 0 Å². The Morgan fingerprint density at radius 2 is 2.00 bits per heavy atom. The van der Waals surface area contributed by atoms with Crippen molar-refractivity contribution in [2.45, 2.75) is 45.3 Å². The zero-order valence-electron chi connectivity index (χ0n) is 11.6. The van der Waals surface area contributed by atoms with Crippen LogP contribution >= 0.6 is 13.5 Å². The molecule has 0 aliphatic carbocycles. The lowest BCUT2D eigenvalue weighted by atomic mass is 10.1. The minimum Gasteiger partial charge on any atom is -0.444 e. The van der Waals surface area contributed by atoms with E-state index in [1.165, 1.54) is 0 Å². The summed E-state index contributed by atoms with van der Waals surface area (Å²) in [6.07, 6.45) is 2.00. The molecule has 1 heterocycles. The van der Waals surface area contributed by atoms with Crippen LogP contribution in [0, 0.1) is 0 Å². The zero-order chi connectivity index (χ0) is 12.3. The summed E-state index contributed by atoms with van der Waals surface area (Å²) in [5.41, 5.74) is -0.411. The van der Waals surface area contributed by atoms with Gasteiger partial charge in [-0.25, -0.2) is 4.79 Å². The van der Waals surface area contributed by atoms with E-state index in [-0.39, 0.29) is 25.6 Å². The Labute approximate surface area is 112 Å². The van der Waals surface area contributed by atoms with Gasteiger partial charge in [-0.1, -0.05) is 0 Å². The first-order chi connectivity index (χ1) is 7.29. The lowest BCUT2D eigenvalue weighted by molar-refractivity contribution is 0.0151. The fraction of sp³-hybridized carbons (Fsp3) is 0.917. The second-order valence-corrected chi connectivity index (χ2v) is 5.65. The number of nitrogens with zero attached hydrogens (tertiary/aromatic N) is 2. The van der Waals surface area contributed by atoms with Crippen LogP contribution in [0.15, 0.2) is 0 Å². The fourth-order valence-corrected chi connectivity index (χ4v) is 1.94. The number of rotatable bonds is 1. The number of likely N-dealkylation sites (tertiary alicyclic amines) is 1. The monoisotopic (exact) mass is 262 g/mol. The first kappa shape index (κ1) is 16.6. The van der Waals surface area contributed by atoms with Crippen LogP contribution in [-0.2, 0) is 4.74 Å². The molecule has 0 aromatic rings. The molecule has 0 bridgehead atoms. The van der Waals surface area contributed by atoms with E-state index in [1.807, 2.05) is 27.8 Å². The summed E-state index contributed by atoms with van der Waals surface area (Å²) >= 11 is 0. The molecule has 1 rings (SSSR count). The van der Waals surface area contributed by atoms with Crippen LogP contribution in [0.1, 0.15) is 33.6 Å². The Morgan fingerprint density at radius 1 is 1.41 bits per heavy atom. The van der Waals surface area contributed by atoms with Gasteiger partial charge >= 0.3 is 6.09 Å². The van der Waals surface area contributed by atoms with Gasteiger partial charge in [-0.3, -0.25) is 0 Å². The first-order valence-electron chi connectivity index (χ1n) is 5.94. The predicted octanol–water partition coefficient (Wildman–Crippen LogP) is 2.06. The molecule has 0 radical (unpaired) electrons. The standard InChI is InChI=1S/C12H24N2O2.H2S/c1-12(2,3)16-11(15)14(5)10-7-6-8-13(4)9-10;/h10H,6-9H2,1-5H3;1H2/t10-;/m0./s1. The third-order valence-corrected chi connectivity index (χ3v) is 2.83. The van der Waals surface area contributed by atoms with E-state index in [0.29, 0.717) is 0 Å². The summed E-state index contributed by atoms with van der Waals surface area (Å²) < 4.78 is 5.36. The van der Waals surface area contributed by atoms with Crippen molar-refractivity contribution in [3.8, 4) is 0 Å². The molecule has 5 heteroatoms. The van der Waals surface area contributed by atoms with Crippen LogP contribution in [0.5, 0.6) is 0 Å². The second-order valence-electron chi connectivity index (χ2n) is 5.65. The van der Waals surface area contributed by atoms with Crippen molar-refractivity contribution < 1.29 is 9.53 Å². The normalized spacial score (nSPS) is 21.6. The molecule has 1 atom stereocenters. The highest BCUT2D eigenvalue weighted by molar-refractivity contribution is 7.59. The van der Waals surface area contributed by atoms with Crippen LogP contribution in [0.2, 0.25) is 0 Å². The number of carbonyl (C=O) groups excluding carboxylic acids is 1. The van der Waals surface area contributed by atoms with Crippen molar-refractivity contribution in [2.24, 2.45) is 0 Å². The molecule has 0 spiro atoms. The lowest BCUT2D eigenvalue weighted by Gasteiger charge is -2.36. The smallest absolute Gasteiger partial charge is 0.410 e. The molecule has 1 amide bonds. The maximum Gasteiger partial charge on any atom is 0.410 e. The maximum atomic E-state index is 11.8. The molecule has 1 saturated heterocycles. The van der Waals surface area contributed by atoms with Gasteiger partial charge in [0.2, 0.25) is 0 Å². The van der Waals surface area contributed by atoms with Gasteiger partial charge in [0.05, 0.1) is 0 Å². The van der Waals surface area contributed by atoms with Crippen molar-refractivity contribution in [1.29, 1.82) is 0 Å². The fourth-order valence-electron chi connectivity index (χ4n) is 1.94. The molecular weight excluding hydrogens is 236 g/mol. The summed E-state index contributed by atoms with van der Waals surface area (Å²) in [7, 11) is 3.92. The zero-order valence-corrected chi connectivity index (χ0v) is 12.6. The number of piperidine rings is 1. The minimum atomic E-state index is -0.411. The van der Waals surface area contributed by atoms with Gasteiger partial charge in [-0.05, 0) is 47.2 Å². The highest BCUT2D eigenvalue weighted by Gasteiger charge is 2.27. The van der Waals surface area contributed by atoms with E-state index in [1.54, 1.807) is 4.90 Å². The highest BCUT2D eigenvalue weighted by Crippen LogP contribution is 2.16. The third-order valence-electron chi connectivity index (χ3n) is 2.83. The largest absolute Gasteiger partial charge is 0.444 e. The SMILES string of the molecule is CN1CCC[C@H](N(C)C(=O)OC(C)(C)C)C1.S. The topological polar surface area (TPSA) is 32.8 Å². The molecule has 17 heavy (non-hydrogen) atoms. The molecule has 4 nitrogen and oxygen atoms in total.